The Kier molecular flexibility index (Phi) is 25.4. The molecule has 25 heteroatoms. The average molecular weight is 975 g/mol. The molecule has 0 spiro atoms. The predicted octanol–water partition coefficient (Wildman–Crippen LogP) is -2.09. The molecular formula is C44H66N10O15. The van der Waals surface area contributed by atoms with E-state index in [-0.39, 0.29) is 32.2 Å². The number of carboxylic acid groups (broad SMARTS) is 3. The molecule has 0 radical (unpaired) electrons. The molecule has 1 aromatic heterocycles. The zero-order chi connectivity index (χ0) is 51.6. The number of H-pyrrole nitrogens is 1. The van der Waals surface area contributed by atoms with E-state index in [2.05, 4.69) is 43.8 Å². The second kappa shape index (κ2) is 30.3. The molecule has 25 nitrogen and oxygen atoms in total. The fraction of sp³-hybridized carbons (Fsp3) is 0.568. The van der Waals surface area contributed by atoms with Gasteiger partial charge in [0.2, 0.25) is 47.3 Å². The zero-order valence-corrected chi connectivity index (χ0v) is 38.7. The van der Waals surface area contributed by atoms with Gasteiger partial charge in [-0.2, -0.15) is 0 Å². The molecule has 0 unspecified atom stereocenters. The van der Waals surface area contributed by atoms with Gasteiger partial charge in [-0.3, -0.25) is 47.9 Å². The van der Waals surface area contributed by atoms with Crippen LogP contribution in [0.15, 0.2) is 30.5 Å². The number of hydrogen-bond donors (Lipinski definition) is 14. The molecule has 0 bridgehead atoms. The Bertz CT molecular complexity index is 2110. The molecule has 0 aliphatic carbocycles. The summed E-state index contributed by atoms with van der Waals surface area (Å²) in [6.07, 6.45) is 3.64. The first-order valence-corrected chi connectivity index (χ1v) is 22.6. The number of unbranched alkanes of at least 4 members (excludes halogenated alkanes) is 6. The number of carbonyl (C=O) groups is 11. The molecular weight excluding hydrogens is 909 g/mol. The van der Waals surface area contributed by atoms with E-state index < -0.39 is 133 Å². The lowest BCUT2D eigenvalue weighted by atomic mass is 10.0. The maximum Gasteiger partial charge on any atom is 0.326 e. The molecule has 0 fully saturated rings. The zero-order valence-electron chi connectivity index (χ0n) is 38.7. The van der Waals surface area contributed by atoms with E-state index in [1.54, 1.807) is 30.5 Å². The molecule has 2 aromatic rings. The Morgan fingerprint density at radius 1 is 0.623 bits per heavy atom. The summed E-state index contributed by atoms with van der Waals surface area (Å²) in [6, 6.07) is -3.13. The highest BCUT2D eigenvalue weighted by molar-refractivity contribution is 5.99. The maximum atomic E-state index is 13.9. The summed E-state index contributed by atoms with van der Waals surface area (Å²) in [5, 5.41) is 54.8. The lowest BCUT2D eigenvalue weighted by Gasteiger charge is -2.26. The SMILES string of the molecule is CCCCCCCCCC(=O)N[C@@H](Cc1c[nH]c2ccccc12)C(=O)N[C@H](CC(N)=O)C(=O)N[C@@H](CC(=O)O)C(=O)N[C@H](C(=O)NCC(=O)N[C@@H](CCCN)C(=O)N[C@@H](CC(=O)O)C(=O)O)[C@@H](C)O. The average Bonchev–Trinajstić information content (AvgIpc) is 3.69. The number of primary amides is 1. The van der Waals surface area contributed by atoms with E-state index in [1.807, 2.05) is 5.32 Å². The van der Waals surface area contributed by atoms with Crippen molar-refractivity contribution in [3.63, 3.8) is 0 Å². The van der Waals surface area contributed by atoms with Gasteiger partial charge < -0.3 is 74.1 Å². The first-order chi connectivity index (χ1) is 32.7. The van der Waals surface area contributed by atoms with Crippen molar-refractivity contribution < 1.29 is 73.2 Å². The van der Waals surface area contributed by atoms with Crippen LogP contribution in [0.4, 0.5) is 0 Å². The van der Waals surface area contributed by atoms with E-state index in [9.17, 15) is 68.1 Å². The highest BCUT2D eigenvalue weighted by Gasteiger charge is 2.35. The number of carboxylic acids is 3. The highest BCUT2D eigenvalue weighted by atomic mass is 16.4. The van der Waals surface area contributed by atoms with Crippen LogP contribution in [0.3, 0.4) is 0 Å². The lowest BCUT2D eigenvalue weighted by molar-refractivity contribution is -0.147. The molecule has 1 aromatic carbocycles. The molecule has 7 atom stereocenters. The number of hydrogen-bond acceptors (Lipinski definition) is 13. The molecule has 0 aliphatic rings. The number of amides is 8. The number of aliphatic hydroxyl groups is 1. The molecule has 382 valence electrons. The van der Waals surface area contributed by atoms with Gasteiger partial charge in [-0.25, -0.2) is 4.79 Å². The Labute approximate surface area is 397 Å². The van der Waals surface area contributed by atoms with E-state index in [0.717, 1.165) is 56.4 Å². The van der Waals surface area contributed by atoms with Crippen LogP contribution in [-0.2, 0) is 59.2 Å². The van der Waals surface area contributed by atoms with Crippen LogP contribution in [0.2, 0.25) is 0 Å². The quantitative estimate of drug-likeness (QED) is 0.0334. The summed E-state index contributed by atoms with van der Waals surface area (Å²) in [7, 11) is 0. The van der Waals surface area contributed by atoms with Crippen molar-refractivity contribution in [3.05, 3.63) is 36.0 Å². The van der Waals surface area contributed by atoms with Gasteiger partial charge in [-0.1, -0.05) is 63.6 Å². The third-order valence-corrected chi connectivity index (χ3v) is 10.6. The van der Waals surface area contributed by atoms with Crippen molar-refractivity contribution in [2.24, 2.45) is 11.5 Å². The summed E-state index contributed by atoms with van der Waals surface area (Å²) >= 11 is 0. The van der Waals surface area contributed by atoms with Crippen molar-refractivity contribution in [2.45, 2.75) is 146 Å². The molecule has 2 rings (SSSR count). The Morgan fingerprint density at radius 2 is 1.16 bits per heavy atom. The van der Waals surface area contributed by atoms with Crippen LogP contribution in [0.25, 0.3) is 10.9 Å². The minimum Gasteiger partial charge on any atom is -0.481 e. The van der Waals surface area contributed by atoms with Crippen LogP contribution >= 0.6 is 0 Å². The number of fused-ring (bicyclic) bond motifs is 1. The first-order valence-electron chi connectivity index (χ1n) is 22.6. The lowest BCUT2D eigenvalue weighted by Crippen LogP contribution is -2.61. The molecule has 0 saturated heterocycles. The minimum absolute atomic E-state index is 0.0411. The standard InChI is InChI=1S/C44H66N10O15/c1-3-4-5-6-7-8-9-16-34(57)50-29(18-25-22-47-27-14-11-10-13-26(25)27)40(64)51-30(19-33(46)56)41(65)52-31(20-36(59)60)42(66)54-38(24(2)55)43(67)48-23-35(58)49-28(15-12-17-45)39(63)53-32(44(68)69)21-37(61)62/h10-11,13-14,22,24,28-32,38,47,55H,3-9,12,15-21,23,45H2,1-2H3,(H2,46,56)(H,48,67)(H,49,58)(H,50,57)(H,51,64)(H,52,65)(H,53,63)(H,54,66)(H,59,60)(H,61,62)(H,68,69)/t24-,28+,29+,30-,31+,32+,38+/m1/s1. The number of carbonyl (C=O) groups excluding carboxylic acids is 8. The van der Waals surface area contributed by atoms with Gasteiger partial charge in [0.15, 0.2) is 0 Å². The Morgan fingerprint density at radius 3 is 1.75 bits per heavy atom. The third-order valence-electron chi connectivity index (χ3n) is 10.6. The maximum absolute atomic E-state index is 13.9. The van der Waals surface area contributed by atoms with Gasteiger partial charge in [-0.15, -0.1) is 0 Å². The number of benzene rings is 1. The Balaban J connectivity index is 2.23. The van der Waals surface area contributed by atoms with Crippen LogP contribution in [0.5, 0.6) is 0 Å². The molecule has 16 N–H and O–H groups in total. The summed E-state index contributed by atoms with van der Waals surface area (Å²) in [4.78, 5) is 143. The molecule has 0 aliphatic heterocycles. The first kappa shape index (κ1) is 58.0. The van der Waals surface area contributed by atoms with Crippen molar-refractivity contribution in [2.75, 3.05) is 13.1 Å². The van der Waals surface area contributed by atoms with Crippen molar-refractivity contribution >= 4 is 76.1 Å². The summed E-state index contributed by atoms with van der Waals surface area (Å²) in [5.41, 5.74) is 12.3. The number of nitrogens with two attached hydrogens (primary N) is 2. The number of aromatic nitrogens is 1. The Hall–Kier alpha value is -7.15. The topological polar surface area (TPSA) is 421 Å². The van der Waals surface area contributed by atoms with E-state index in [0.29, 0.717) is 12.0 Å². The summed E-state index contributed by atoms with van der Waals surface area (Å²) < 4.78 is 0. The van der Waals surface area contributed by atoms with Gasteiger partial charge in [0.1, 0.15) is 36.3 Å². The van der Waals surface area contributed by atoms with Gasteiger partial charge in [0, 0.05) is 29.9 Å². The van der Waals surface area contributed by atoms with Gasteiger partial charge in [0.05, 0.1) is 31.9 Å². The van der Waals surface area contributed by atoms with Crippen LogP contribution in [-0.4, -0.2) is 146 Å². The summed E-state index contributed by atoms with van der Waals surface area (Å²) in [6.45, 7) is 2.31. The predicted molar refractivity (Wildman–Crippen MR) is 245 cm³/mol. The smallest absolute Gasteiger partial charge is 0.326 e. The molecule has 69 heavy (non-hydrogen) atoms. The van der Waals surface area contributed by atoms with Crippen molar-refractivity contribution in [1.29, 1.82) is 0 Å². The second-order valence-corrected chi connectivity index (χ2v) is 16.4. The van der Waals surface area contributed by atoms with E-state index >= 15 is 0 Å². The van der Waals surface area contributed by atoms with Gasteiger partial charge in [-0.05, 0) is 44.4 Å². The fourth-order valence-corrected chi connectivity index (χ4v) is 7.00. The number of nitrogens with one attached hydrogen (secondary N) is 8. The normalized spacial score (nSPS) is 14.0. The monoisotopic (exact) mass is 974 g/mol. The van der Waals surface area contributed by atoms with Crippen molar-refractivity contribution in [3.8, 4) is 0 Å². The minimum atomic E-state index is -2.01. The second-order valence-electron chi connectivity index (χ2n) is 16.4. The molecule has 1 heterocycles. The number of aliphatic carboxylic acids is 3. The number of para-hydroxylation sites is 1. The number of aliphatic hydroxyl groups excluding tert-OH is 1. The van der Waals surface area contributed by atoms with Gasteiger partial charge >= 0.3 is 17.9 Å². The summed E-state index contributed by atoms with van der Waals surface area (Å²) in [5.74, 6) is -13.2. The van der Waals surface area contributed by atoms with Gasteiger partial charge in [0.25, 0.3) is 0 Å². The fourth-order valence-electron chi connectivity index (χ4n) is 7.00. The van der Waals surface area contributed by atoms with Crippen LogP contribution in [0, 0.1) is 0 Å². The molecule has 8 amide bonds. The number of rotatable bonds is 34. The largest absolute Gasteiger partial charge is 0.481 e. The van der Waals surface area contributed by atoms with Crippen LogP contribution < -0.4 is 48.7 Å². The third kappa shape index (κ3) is 21.6. The van der Waals surface area contributed by atoms with E-state index in [1.165, 1.54) is 0 Å². The molecule has 0 saturated carbocycles. The van der Waals surface area contributed by atoms with Crippen molar-refractivity contribution in [1.82, 2.24) is 42.2 Å². The van der Waals surface area contributed by atoms with E-state index in [4.69, 9.17) is 16.6 Å². The van der Waals surface area contributed by atoms with Crippen LogP contribution in [0.1, 0.15) is 103 Å². The number of aromatic amines is 1. The highest BCUT2D eigenvalue weighted by Crippen LogP contribution is 2.20.